The molecule has 0 spiro atoms. The topological polar surface area (TPSA) is 49.4 Å². The molecule has 7 heteroatoms. The predicted octanol–water partition coefficient (Wildman–Crippen LogP) is 2.62. The second-order valence-electron chi connectivity index (χ2n) is 4.89. The van der Waals surface area contributed by atoms with Gasteiger partial charge in [0.2, 0.25) is 11.8 Å². The van der Waals surface area contributed by atoms with Crippen LogP contribution in [0.15, 0.2) is 12.1 Å². The maximum Gasteiger partial charge on any atom is 0.247 e. The lowest BCUT2D eigenvalue weighted by Gasteiger charge is -2.37. The van der Waals surface area contributed by atoms with Gasteiger partial charge in [0.15, 0.2) is 5.82 Å². The Labute approximate surface area is 125 Å². The lowest BCUT2D eigenvalue weighted by Crippen LogP contribution is -2.60. The number of benzene rings is 1. The van der Waals surface area contributed by atoms with E-state index in [-0.39, 0.29) is 34.3 Å². The van der Waals surface area contributed by atoms with Crippen LogP contribution in [-0.2, 0) is 9.59 Å². The Kier molecular flexibility index (Phi) is 4.20. The highest BCUT2D eigenvalue weighted by atomic mass is 35.5. The zero-order valence-corrected chi connectivity index (χ0v) is 12.4. The minimum atomic E-state index is -0.743. The van der Waals surface area contributed by atoms with Crippen molar-refractivity contribution in [1.29, 1.82) is 0 Å². The molecule has 1 aromatic rings. The first-order valence-electron chi connectivity index (χ1n) is 6.07. The number of carbonyl (C=O) groups is 2. The first-order chi connectivity index (χ1) is 9.32. The molecule has 2 rings (SSSR count). The molecular weight excluding hydrogens is 306 g/mol. The largest absolute Gasteiger partial charge is 0.345 e. The number of halogens is 3. The first kappa shape index (κ1) is 15.1. The summed E-state index contributed by atoms with van der Waals surface area (Å²) in [5, 5.41) is 2.16. The molecular formula is C13H13Cl2FN2O2. The molecule has 2 amide bonds. The van der Waals surface area contributed by atoms with Crippen molar-refractivity contribution >= 4 is 40.7 Å². The lowest BCUT2D eigenvalue weighted by molar-refractivity contribution is -0.131. The SMILES string of the molecule is CC(C)C1C(=O)NCC(=O)N1c1cc(Cl)c(F)c(Cl)c1. The smallest absolute Gasteiger partial charge is 0.247 e. The minimum Gasteiger partial charge on any atom is -0.345 e. The van der Waals surface area contributed by atoms with Crippen LogP contribution in [0.5, 0.6) is 0 Å². The Morgan fingerprint density at radius 3 is 2.35 bits per heavy atom. The molecule has 1 aliphatic rings. The van der Waals surface area contributed by atoms with Gasteiger partial charge in [-0.15, -0.1) is 0 Å². The van der Waals surface area contributed by atoms with E-state index in [0.717, 1.165) is 0 Å². The molecule has 1 unspecified atom stereocenters. The lowest BCUT2D eigenvalue weighted by atomic mass is 9.98. The van der Waals surface area contributed by atoms with E-state index in [0.29, 0.717) is 5.69 Å². The van der Waals surface area contributed by atoms with E-state index >= 15 is 0 Å². The predicted molar refractivity (Wildman–Crippen MR) is 75.5 cm³/mol. The Balaban J connectivity index is 2.51. The zero-order valence-electron chi connectivity index (χ0n) is 10.9. The standard InChI is InChI=1S/C13H13Cl2FN2O2/c1-6(2)12-13(20)17-5-10(19)18(12)7-3-8(14)11(16)9(15)4-7/h3-4,6,12H,5H2,1-2H3,(H,17,20). The van der Waals surface area contributed by atoms with Crippen LogP contribution in [0.2, 0.25) is 10.0 Å². The molecule has 1 N–H and O–H groups in total. The van der Waals surface area contributed by atoms with Crippen LogP contribution >= 0.6 is 23.2 Å². The van der Waals surface area contributed by atoms with Gasteiger partial charge >= 0.3 is 0 Å². The summed E-state index contributed by atoms with van der Waals surface area (Å²) in [6.07, 6.45) is 0. The van der Waals surface area contributed by atoms with Crippen LogP contribution in [0, 0.1) is 11.7 Å². The van der Waals surface area contributed by atoms with Crippen molar-refractivity contribution in [1.82, 2.24) is 5.32 Å². The monoisotopic (exact) mass is 318 g/mol. The molecule has 1 aliphatic heterocycles. The van der Waals surface area contributed by atoms with Crippen LogP contribution in [0.1, 0.15) is 13.8 Å². The highest BCUT2D eigenvalue weighted by Gasteiger charge is 2.37. The minimum absolute atomic E-state index is 0.103. The summed E-state index contributed by atoms with van der Waals surface area (Å²) >= 11 is 11.5. The van der Waals surface area contributed by atoms with Crippen molar-refractivity contribution in [2.24, 2.45) is 5.92 Å². The van der Waals surface area contributed by atoms with Crippen molar-refractivity contribution in [2.75, 3.05) is 11.4 Å². The van der Waals surface area contributed by atoms with Crippen molar-refractivity contribution < 1.29 is 14.0 Å². The Morgan fingerprint density at radius 2 is 1.85 bits per heavy atom. The van der Waals surface area contributed by atoms with Crippen molar-refractivity contribution in [2.45, 2.75) is 19.9 Å². The highest BCUT2D eigenvalue weighted by molar-refractivity contribution is 6.35. The number of nitrogens with one attached hydrogen (secondary N) is 1. The fraction of sp³-hybridized carbons (Fsp3) is 0.385. The van der Waals surface area contributed by atoms with E-state index in [1.807, 2.05) is 13.8 Å². The van der Waals surface area contributed by atoms with Gasteiger partial charge in [-0.2, -0.15) is 0 Å². The summed E-state index contributed by atoms with van der Waals surface area (Å²) in [5.41, 5.74) is 0.319. The van der Waals surface area contributed by atoms with Crippen LogP contribution in [-0.4, -0.2) is 24.4 Å². The average molecular weight is 319 g/mol. The van der Waals surface area contributed by atoms with E-state index < -0.39 is 11.9 Å². The summed E-state index contributed by atoms with van der Waals surface area (Å²) in [5.74, 6) is -1.40. The summed E-state index contributed by atoms with van der Waals surface area (Å²) in [6.45, 7) is 3.54. The number of piperazine rings is 1. The number of nitrogens with zero attached hydrogens (tertiary/aromatic N) is 1. The van der Waals surface area contributed by atoms with Crippen molar-refractivity contribution in [3.05, 3.63) is 28.0 Å². The third-order valence-corrected chi connectivity index (χ3v) is 3.66. The third-order valence-electron chi connectivity index (χ3n) is 3.11. The number of anilines is 1. The van der Waals surface area contributed by atoms with Gasteiger partial charge in [0.1, 0.15) is 6.04 Å². The fourth-order valence-electron chi connectivity index (χ4n) is 2.21. The molecule has 1 heterocycles. The van der Waals surface area contributed by atoms with E-state index in [9.17, 15) is 14.0 Å². The molecule has 0 aliphatic carbocycles. The van der Waals surface area contributed by atoms with Crippen LogP contribution < -0.4 is 10.2 Å². The number of rotatable bonds is 2. The summed E-state index contributed by atoms with van der Waals surface area (Å²) in [4.78, 5) is 25.4. The molecule has 1 aromatic carbocycles. The van der Waals surface area contributed by atoms with Gasteiger partial charge in [0, 0.05) is 5.69 Å². The van der Waals surface area contributed by atoms with Gasteiger partial charge in [-0.3, -0.25) is 14.5 Å². The van der Waals surface area contributed by atoms with E-state index in [1.165, 1.54) is 17.0 Å². The molecule has 108 valence electrons. The van der Waals surface area contributed by atoms with Gasteiger partial charge in [0.05, 0.1) is 16.6 Å². The summed E-state index contributed by atoms with van der Waals surface area (Å²) in [6, 6.07) is 1.93. The zero-order chi connectivity index (χ0) is 15.0. The van der Waals surface area contributed by atoms with E-state index in [2.05, 4.69) is 5.32 Å². The van der Waals surface area contributed by atoms with Crippen LogP contribution in [0.25, 0.3) is 0 Å². The number of amides is 2. The number of hydrogen-bond donors (Lipinski definition) is 1. The quantitative estimate of drug-likeness (QED) is 0.852. The molecule has 1 atom stereocenters. The van der Waals surface area contributed by atoms with Gasteiger partial charge in [0.25, 0.3) is 0 Å². The molecule has 4 nitrogen and oxygen atoms in total. The molecule has 0 bridgehead atoms. The Bertz CT molecular complexity index is 554. The molecule has 20 heavy (non-hydrogen) atoms. The van der Waals surface area contributed by atoms with Crippen LogP contribution in [0.4, 0.5) is 10.1 Å². The van der Waals surface area contributed by atoms with Gasteiger partial charge in [-0.25, -0.2) is 4.39 Å². The second kappa shape index (κ2) is 5.58. The molecule has 1 fully saturated rings. The summed E-state index contributed by atoms with van der Waals surface area (Å²) < 4.78 is 13.5. The van der Waals surface area contributed by atoms with Crippen molar-refractivity contribution in [3.63, 3.8) is 0 Å². The molecule has 0 aromatic heterocycles. The molecule has 0 saturated carbocycles. The third kappa shape index (κ3) is 2.60. The van der Waals surface area contributed by atoms with E-state index in [4.69, 9.17) is 23.2 Å². The van der Waals surface area contributed by atoms with Crippen molar-refractivity contribution in [3.8, 4) is 0 Å². The normalized spacial score (nSPS) is 19.5. The molecule has 0 radical (unpaired) electrons. The van der Waals surface area contributed by atoms with Gasteiger partial charge in [-0.1, -0.05) is 37.0 Å². The number of carbonyl (C=O) groups excluding carboxylic acids is 2. The maximum atomic E-state index is 13.5. The highest BCUT2D eigenvalue weighted by Crippen LogP contribution is 2.32. The van der Waals surface area contributed by atoms with Gasteiger partial charge in [-0.05, 0) is 18.1 Å². The maximum absolute atomic E-state index is 13.5. The second-order valence-corrected chi connectivity index (χ2v) is 5.71. The average Bonchev–Trinajstić information content (AvgIpc) is 2.37. The Hall–Kier alpha value is -1.33. The molecule has 1 saturated heterocycles. The first-order valence-corrected chi connectivity index (χ1v) is 6.83. The van der Waals surface area contributed by atoms with E-state index in [1.54, 1.807) is 0 Å². The number of hydrogen-bond acceptors (Lipinski definition) is 2. The van der Waals surface area contributed by atoms with Gasteiger partial charge < -0.3 is 5.32 Å². The summed E-state index contributed by atoms with van der Waals surface area (Å²) in [7, 11) is 0. The fourth-order valence-corrected chi connectivity index (χ4v) is 2.69. The van der Waals surface area contributed by atoms with Crippen LogP contribution in [0.3, 0.4) is 0 Å². The Morgan fingerprint density at radius 1 is 1.30 bits per heavy atom.